The monoisotopic (exact) mass is 691 g/mol. The van der Waals surface area contributed by atoms with Crippen molar-refractivity contribution in [2.75, 3.05) is 49.3 Å². The van der Waals surface area contributed by atoms with E-state index in [1.165, 1.54) is 0 Å². The van der Waals surface area contributed by atoms with Gasteiger partial charge in [0.2, 0.25) is 0 Å². The second-order valence-corrected chi connectivity index (χ2v) is 27.1. The van der Waals surface area contributed by atoms with Gasteiger partial charge in [-0.3, -0.25) is 0 Å². The van der Waals surface area contributed by atoms with E-state index in [1.807, 2.05) is 0 Å². The number of hydrogen-bond acceptors (Lipinski definition) is 4. The van der Waals surface area contributed by atoms with Crippen LogP contribution in [0.15, 0.2) is 0 Å². The van der Waals surface area contributed by atoms with E-state index in [1.54, 1.807) is 0 Å². The Balaban J connectivity index is 6.81. The molecule has 0 radical (unpaired) electrons. The molecule has 0 aromatic heterocycles. The quantitative estimate of drug-likeness (QED) is 0.0680. The van der Waals surface area contributed by atoms with Crippen LogP contribution < -0.4 is 0 Å². The van der Waals surface area contributed by atoms with Crippen LogP contribution >= 0.6 is 13.7 Å². The van der Waals surface area contributed by atoms with Gasteiger partial charge in [-0.15, -0.1) is 0 Å². The second-order valence-electron chi connectivity index (χ2n) is 15.7. The molecule has 4 nitrogen and oxygen atoms in total. The molecule has 1 unspecified atom stereocenters. The molecule has 0 aromatic rings. The summed E-state index contributed by atoms with van der Waals surface area (Å²) >= 11 is 0. The van der Waals surface area contributed by atoms with Crippen molar-refractivity contribution in [3.8, 4) is 0 Å². The number of carbonyl (C=O) groups excluding carboxylic acids is 2. The first-order valence-corrected chi connectivity index (χ1v) is 26.2. The summed E-state index contributed by atoms with van der Waals surface area (Å²) in [6, 6.07) is 0. The van der Waals surface area contributed by atoms with Crippen LogP contribution in [-0.2, 0) is 18.6 Å². The number of carbonyl (C=O) groups is 2. The van der Waals surface area contributed by atoms with Crippen LogP contribution in [0.4, 0.5) is 0 Å². The van der Waals surface area contributed by atoms with Crippen molar-refractivity contribution >= 4 is 25.6 Å². The molecule has 0 saturated heterocycles. The standard InChI is InChI=1S/C40H84O4P2/c1-11-19-27-45(28-20-12-2,29-21-13-3,30-22-14-4)43-39(41)36-38(35-37(9)10)40(42)44-46(31-23-15-5,32-24-16-6,33-25-17-7)34-26-18-8/h37-38H,11-36H2,1-10H3. The fourth-order valence-corrected chi connectivity index (χ4v) is 21.5. The first-order valence-electron chi connectivity index (χ1n) is 20.4. The first-order chi connectivity index (χ1) is 21.9. The molecular weight excluding hydrogens is 606 g/mol. The van der Waals surface area contributed by atoms with Gasteiger partial charge in [-0.25, -0.2) is 0 Å². The Labute approximate surface area is 289 Å². The van der Waals surface area contributed by atoms with Crippen molar-refractivity contribution in [2.24, 2.45) is 11.8 Å². The van der Waals surface area contributed by atoms with Gasteiger partial charge in [0.15, 0.2) is 0 Å². The zero-order valence-corrected chi connectivity index (χ0v) is 34.9. The predicted octanol–water partition coefficient (Wildman–Crippen LogP) is 13.5. The summed E-state index contributed by atoms with van der Waals surface area (Å²) in [5.41, 5.74) is 0. The zero-order chi connectivity index (χ0) is 35.0. The molecule has 0 saturated carbocycles. The van der Waals surface area contributed by atoms with E-state index < -0.39 is 19.6 Å². The molecule has 0 amide bonds. The van der Waals surface area contributed by atoms with Crippen molar-refractivity contribution in [1.82, 2.24) is 0 Å². The Morgan fingerprint density at radius 2 is 0.717 bits per heavy atom. The summed E-state index contributed by atoms with van der Waals surface area (Å²) < 4.78 is 14.3. The van der Waals surface area contributed by atoms with Crippen molar-refractivity contribution < 1.29 is 18.6 Å². The van der Waals surface area contributed by atoms with E-state index in [0.717, 1.165) is 152 Å². The van der Waals surface area contributed by atoms with Crippen LogP contribution in [0.25, 0.3) is 0 Å². The number of rotatable bonds is 31. The molecule has 6 heteroatoms. The Morgan fingerprint density at radius 3 is 0.957 bits per heavy atom. The second kappa shape index (κ2) is 24.0. The van der Waals surface area contributed by atoms with Gasteiger partial charge in [0.1, 0.15) is 0 Å². The van der Waals surface area contributed by atoms with Crippen molar-refractivity contribution in [1.29, 1.82) is 0 Å². The van der Waals surface area contributed by atoms with Crippen molar-refractivity contribution in [3.05, 3.63) is 0 Å². The normalized spacial score (nSPS) is 14.8. The van der Waals surface area contributed by atoms with E-state index in [0.29, 0.717) is 12.3 Å². The Bertz CT molecular complexity index is 724. The topological polar surface area (TPSA) is 52.6 Å². The van der Waals surface area contributed by atoms with Crippen LogP contribution in [0.1, 0.15) is 185 Å². The summed E-state index contributed by atoms with van der Waals surface area (Å²) in [7, 11) is 0. The van der Waals surface area contributed by atoms with Crippen LogP contribution in [-0.4, -0.2) is 61.2 Å². The van der Waals surface area contributed by atoms with E-state index in [-0.39, 0.29) is 18.4 Å². The van der Waals surface area contributed by atoms with Crippen LogP contribution in [0, 0.1) is 11.8 Å². The molecule has 46 heavy (non-hydrogen) atoms. The van der Waals surface area contributed by atoms with Crippen LogP contribution in [0.3, 0.4) is 0 Å². The molecule has 0 aliphatic carbocycles. The van der Waals surface area contributed by atoms with E-state index >= 15 is 0 Å². The van der Waals surface area contributed by atoms with Gasteiger partial charge in [-0.1, -0.05) is 0 Å². The van der Waals surface area contributed by atoms with Crippen molar-refractivity contribution in [3.63, 3.8) is 0 Å². The summed E-state index contributed by atoms with van der Waals surface area (Å²) in [4.78, 5) is 29.0. The average molecular weight is 691 g/mol. The van der Waals surface area contributed by atoms with Crippen molar-refractivity contribution in [2.45, 2.75) is 185 Å². The minimum absolute atomic E-state index is 0.0766. The van der Waals surface area contributed by atoms with E-state index in [2.05, 4.69) is 69.2 Å². The molecule has 0 fully saturated rings. The minimum atomic E-state index is -2.79. The summed E-state index contributed by atoms with van der Waals surface area (Å²) in [5, 5.41) is 0. The zero-order valence-electron chi connectivity index (χ0n) is 33.1. The summed E-state index contributed by atoms with van der Waals surface area (Å²) in [6.07, 6.45) is 27.3. The van der Waals surface area contributed by atoms with Gasteiger partial charge in [0.25, 0.3) is 0 Å². The fourth-order valence-electron chi connectivity index (χ4n) is 7.86. The molecule has 0 spiro atoms. The third kappa shape index (κ3) is 15.6. The fraction of sp³-hybridized carbons (Fsp3) is 0.950. The van der Waals surface area contributed by atoms with Gasteiger partial charge in [-0.05, 0) is 0 Å². The molecule has 1 atom stereocenters. The third-order valence-corrected chi connectivity index (χ3v) is 23.8. The molecule has 0 N–H and O–H groups in total. The molecule has 0 bridgehead atoms. The number of unbranched alkanes of at least 4 members (excludes halogenated alkanes) is 8. The van der Waals surface area contributed by atoms with Crippen LogP contribution in [0.2, 0.25) is 0 Å². The average Bonchev–Trinajstić information content (AvgIpc) is 3.04. The molecule has 0 aliphatic rings. The van der Waals surface area contributed by atoms with Gasteiger partial charge in [0, 0.05) is 0 Å². The SMILES string of the molecule is CCCCP(CCCC)(CCCC)(CCCC)OC(=O)CC(CC(C)C)C(=O)OP(CCCC)(CCCC)(CCCC)CCCC. The third-order valence-electron chi connectivity index (χ3n) is 10.8. The van der Waals surface area contributed by atoms with Gasteiger partial charge >= 0.3 is 290 Å². The Morgan fingerprint density at radius 1 is 0.457 bits per heavy atom. The van der Waals surface area contributed by atoms with Gasteiger partial charge in [0.05, 0.1) is 0 Å². The maximum atomic E-state index is 14.6. The van der Waals surface area contributed by atoms with Gasteiger partial charge < -0.3 is 0 Å². The molecule has 0 heterocycles. The summed E-state index contributed by atoms with van der Waals surface area (Å²) in [5.74, 6) is -0.293. The first kappa shape index (κ1) is 45.8. The maximum absolute atomic E-state index is 14.6. The van der Waals surface area contributed by atoms with Gasteiger partial charge in [-0.2, -0.15) is 0 Å². The molecule has 0 aliphatic heterocycles. The predicted molar refractivity (Wildman–Crippen MR) is 212 cm³/mol. The number of hydrogen-bond donors (Lipinski definition) is 0. The Hall–Kier alpha value is -0.200. The molecular formula is C40H84O4P2. The van der Waals surface area contributed by atoms with Crippen LogP contribution in [0.5, 0.6) is 0 Å². The van der Waals surface area contributed by atoms with E-state index in [9.17, 15) is 9.59 Å². The summed E-state index contributed by atoms with van der Waals surface area (Å²) in [6.45, 7) is 16.9. The molecule has 278 valence electrons. The molecule has 0 aromatic carbocycles. The Kier molecular flexibility index (Phi) is 23.9. The molecule has 0 rings (SSSR count). The van der Waals surface area contributed by atoms with E-state index in [4.69, 9.17) is 9.05 Å².